The van der Waals surface area contributed by atoms with Gasteiger partial charge in [-0.1, -0.05) is 17.7 Å². The Bertz CT molecular complexity index is 1110. The Balaban J connectivity index is 1.40. The molecular weight excluding hydrogens is 400 g/mol. The molecular formula is C21H24N6O2S. The summed E-state index contributed by atoms with van der Waals surface area (Å²) in [6, 6.07) is 12.9. The number of hydrogen-bond donors (Lipinski definition) is 1. The fourth-order valence-electron chi connectivity index (χ4n) is 3.53. The molecule has 1 fully saturated rings. The number of hydrogen-bond acceptors (Lipinski definition) is 7. The van der Waals surface area contributed by atoms with E-state index in [1.165, 1.54) is 0 Å². The van der Waals surface area contributed by atoms with E-state index in [-0.39, 0.29) is 0 Å². The fraction of sp³-hybridized carbons (Fsp3) is 0.286. The first-order chi connectivity index (χ1) is 14.4. The highest BCUT2D eigenvalue weighted by Gasteiger charge is 2.30. The van der Waals surface area contributed by atoms with Gasteiger partial charge < -0.3 is 10.2 Å². The van der Waals surface area contributed by atoms with Crippen molar-refractivity contribution in [3.05, 3.63) is 66.0 Å². The highest BCUT2D eigenvalue weighted by molar-refractivity contribution is 7.89. The highest BCUT2D eigenvalue weighted by Crippen LogP contribution is 2.23. The van der Waals surface area contributed by atoms with Crippen LogP contribution in [0.3, 0.4) is 0 Å². The largest absolute Gasteiger partial charge is 0.352 e. The van der Waals surface area contributed by atoms with Crippen molar-refractivity contribution in [3.63, 3.8) is 0 Å². The second-order valence-corrected chi connectivity index (χ2v) is 9.20. The van der Waals surface area contributed by atoms with Crippen LogP contribution in [0.4, 0.5) is 17.3 Å². The standard InChI is InChI=1S/C21H24N6O2S/c1-16-3-4-19(17(2)15-16)30(28,29)27-13-11-26(12-14-27)21-6-5-20(24-25-21)23-18-7-9-22-10-8-18/h3-10,15H,11-14H2,1-2H3,(H,22,23,24). The van der Waals surface area contributed by atoms with Crippen LogP contribution in [0.25, 0.3) is 0 Å². The van der Waals surface area contributed by atoms with Gasteiger partial charge in [0.2, 0.25) is 10.0 Å². The van der Waals surface area contributed by atoms with E-state index in [0.717, 1.165) is 22.6 Å². The maximum absolute atomic E-state index is 13.0. The van der Waals surface area contributed by atoms with Crippen LogP contribution in [0.1, 0.15) is 11.1 Å². The Morgan fingerprint density at radius 1 is 0.900 bits per heavy atom. The van der Waals surface area contributed by atoms with Crippen molar-refractivity contribution in [1.29, 1.82) is 0 Å². The lowest BCUT2D eigenvalue weighted by Gasteiger charge is -2.34. The Labute approximate surface area is 176 Å². The SMILES string of the molecule is Cc1ccc(S(=O)(=O)N2CCN(c3ccc(Nc4ccncc4)nn3)CC2)c(C)c1. The summed E-state index contributed by atoms with van der Waals surface area (Å²) in [5, 5.41) is 11.7. The van der Waals surface area contributed by atoms with E-state index in [9.17, 15) is 8.42 Å². The van der Waals surface area contributed by atoms with Crippen LogP contribution < -0.4 is 10.2 Å². The van der Waals surface area contributed by atoms with Crippen LogP contribution in [0.2, 0.25) is 0 Å². The normalized spacial score (nSPS) is 15.2. The molecule has 1 saturated heterocycles. The number of aromatic nitrogens is 3. The number of pyridine rings is 1. The van der Waals surface area contributed by atoms with Gasteiger partial charge >= 0.3 is 0 Å². The van der Waals surface area contributed by atoms with Gasteiger partial charge in [0.15, 0.2) is 11.6 Å². The number of anilines is 3. The van der Waals surface area contributed by atoms with Gasteiger partial charge in [-0.2, -0.15) is 4.31 Å². The minimum atomic E-state index is -3.50. The summed E-state index contributed by atoms with van der Waals surface area (Å²) in [4.78, 5) is 6.42. The van der Waals surface area contributed by atoms with Crippen molar-refractivity contribution in [2.45, 2.75) is 18.7 Å². The molecule has 0 amide bonds. The molecule has 2 aromatic heterocycles. The van der Waals surface area contributed by atoms with Crippen molar-refractivity contribution in [1.82, 2.24) is 19.5 Å². The van der Waals surface area contributed by atoms with E-state index >= 15 is 0 Å². The van der Waals surface area contributed by atoms with Gasteiger partial charge in [0, 0.05) is 44.3 Å². The molecule has 1 aliphatic rings. The number of rotatable bonds is 5. The molecule has 0 aliphatic carbocycles. The molecule has 0 radical (unpaired) electrons. The first-order valence-corrected chi connectivity index (χ1v) is 11.2. The molecule has 0 spiro atoms. The minimum Gasteiger partial charge on any atom is -0.352 e. The summed E-state index contributed by atoms with van der Waals surface area (Å²) in [7, 11) is -3.50. The van der Waals surface area contributed by atoms with E-state index in [1.807, 2.05) is 50.2 Å². The van der Waals surface area contributed by atoms with Crippen LogP contribution in [-0.2, 0) is 10.0 Å². The maximum atomic E-state index is 13.0. The molecule has 0 unspecified atom stereocenters. The lowest BCUT2D eigenvalue weighted by Crippen LogP contribution is -2.49. The van der Waals surface area contributed by atoms with E-state index in [0.29, 0.717) is 36.9 Å². The Hall–Kier alpha value is -3.04. The molecule has 30 heavy (non-hydrogen) atoms. The second kappa shape index (κ2) is 8.37. The number of sulfonamides is 1. The summed E-state index contributed by atoms with van der Waals surface area (Å²) in [6.45, 7) is 5.75. The lowest BCUT2D eigenvalue weighted by molar-refractivity contribution is 0.383. The average Bonchev–Trinajstić information content (AvgIpc) is 2.75. The summed E-state index contributed by atoms with van der Waals surface area (Å²) in [6.07, 6.45) is 3.41. The average molecular weight is 425 g/mol. The molecule has 156 valence electrons. The first-order valence-electron chi connectivity index (χ1n) is 9.76. The molecule has 3 aromatic rings. The van der Waals surface area contributed by atoms with Crippen LogP contribution in [0.15, 0.2) is 59.8 Å². The molecule has 0 atom stereocenters. The molecule has 0 bridgehead atoms. The summed E-state index contributed by atoms with van der Waals surface area (Å²) >= 11 is 0. The Morgan fingerprint density at radius 2 is 1.63 bits per heavy atom. The van der Waals surface area contributed by atoms with Crippen molar-refractivity contribution < 1.29 is 8.42 Å². The lowest BCUT2D eigenvalue weighted by atomic mass is 10.2. The molecule has 8 nitrogen and oxygen atoms in total. The predicted octanol–water partition coefficient (Wildman–Crippen LogP) is 2.74. The van der Waals surface area contributed by atoms with E-state index in [2.05, 4.69) is 25.4 Å². The maximum Gasteiger partial charge on any atom is 0.243 e. The number of nitrogens with zero attached hydrogens (tertiary/aromatic N) is 5. The van der Waals surface area contributed by atoms with Crippen LogP contribution in [0.5, 0.6) is 0 Å². The van der Waals surface area contributed by atoms with Crippen molar-refractivity contribution in [2.75, 3.05) is 36.4 Å². The monoisotopic (exact) mass is 424 g/mol. The Morgan fingerprint density at radius 3 is 2.27 bits per heavy atom. The van der Waals surface area contributed by atoms with Gasteiger partial charge in [0.1, 0.15) is 0 Å². The summed E-state index contributed by atoms with van der Waals surface area (Å²) in [5.74, 6) is 1.37. The second-order valence-electron chi connectivity index (χ2n) is 7.30. The highest BCUT2D eigenvalue weighted by atomic mass is 32.2. The Kier molecular flexibility index (Phi) is 5.65. The molecule has 1 aliphatic heterocycles. The number of aryl methyl sites for hydroxylation is 2. The topological polar surface area (TPSA) is 91.3 Å². The molecule has 3 heterocycles. The number of piperazine rings is 1. The first kappa shape index (κ1) is 20.2. The third kappa shape index (κ3) is 4.27. The zero-order valence-corrected chi connectivity index (χ0v) is 17.8. The van der Waals surface area contributed by atoms with Crippen LogP contribution in [-0.4, -0.2) is 54.1 Å². The van der Waals surface area contributed by atoms with Gasteiger partial charge in [0.05, 0.1) is 4.90 Å². The van der Waals surface area contributed by atoms with Crippen LogP contribution >= 0.6 is 0 Å². The van der Waals surface area contributed by atoms with Gasteiger partial charge in [-0.15, -0.1) is 10.2 Å². The van der Waals surface area contributed by atoms with E-state index < -0.39 is 10.0 Å². The zero-order valence-electron chi connectivity index (χ0n) is 17.0. The smallest absolute Gasteiger partial charge is 0.243 e. The molecule has 1 N–H and O–H groups in total. The third-order valence-electron chi connectivity index (χ3n) is 5.11. The van der Waals surface area contributed by atoms with Crippen molar-refractivity contribution in [3.8, 4) is 0 Å². The summed E-state index contributed by atoms with van der Waals surface area (Å²) in [5.41, 5.74) is 2.72. The molecule has 9 heteroatoms. The van der Waals surface area contributed by atoms with E-state index in [1.54, 1.807) is 22.8 Å². The number of benzene rings is 1. The molecule has 1 aromatic carbocycles. The van der Waals surface area contributed by atoms with Crippen molar-refractivity contribution >= 4 is 27.3 Å². The number of nitrogens with one attached hydrogen (secondary N) is 1. The molecule has 0 saturated carbocycles. The van der Waals surface area contributed by atoms with Crippen LogP contribution in [0, 0.1) is 13.8 Å². The van der Waals surface area contributed by atoms with Gasteiger partial charge in [0.25, 0.3) is 0 Å². The molecule has 4 rings (SSSR count). The van der Waals surface area contributed by atoms with Gasteiger partial charge in [-0.3, -0.25) is 4.98 Å². The van der Waals surface area contributed by atoms with Gasteiger partial charge in [-0.05, 0) is 49.7 Å². The quantitative estimate of drug-likeness (QED) is 0.673. The van der Waals surface area contributed by atoms with Crippen molar-refractivity contribution in [2.24, 2.45) is 0 Å². The zero-order chi connectivity index (χ0) is 21.1. The summed E-state index contributed by atoms with van der Waals surface area (Å²) < 4.78 is 27.6. The third-order valence-corrected chi connectivity index (χ3v) is 7.17. The predicted molar refractivity (Wildman–Crippen MR) is 116 cm³/mol. The fourth-order valence-corrected chi connectivity index (χ4v) is 5.16. The van der Waals surface area contributed by atoms with E-state index in [4.69, 9.17) is 0 Å². The minimum absolute atomic E-state index is 0.382. The van der Waals surface area contributed by atoms with Gasteiger partial charge in [-0.25, -0.2) is 8.42 Å².